The van der Waals surface area contributed by atoms with Crippen LogP contribution in [0.2, 0.25) is 5.02 Å². The molecule has 25 heavy (non-hydrogen) atoms. The molecule has 0 aliphatic heterocycles. The molecule has 0 heterocycles. The first-order valence-corrected chi connectivity index (χ1v) is 7.86. The molecule has 0 aliphatic rings. The molecule has 0 aliphatic carbocycles. The van der Waals surface area contributed by atoms with Crippen molar-refractivity contribution in [1.82, 2.24) is 5.43 Å². The van der Waals surface area contributed by atoms with Crippen molar-refractivity contribution in [2.45, 2.75) is 13.3 Å². The topological polar surface area (TPSA) is 93.8 Å². The third-order valence-electron chi connectivity index (χ3n) is 3.25. The van der Waals surface area contributed by atoms with Gasteiger partial charge < -0.3 is 4.74 Å². The van der Waals surface area contributed by atoms with Gasteiger partial charge in [-0.3, -0.25) is 14.9 Å². The van der Waals surface area contributed by atoms with E-state index in [-0.39, 0.29) is 18.0 Å². The van der Waals surface area contributed by atoms with E-state index in [0.29, 0.717) is 17.2 Å². The van der Waals surface area contributed by atoms with Crippen molar-refractivity contribution in [2.75, 3.05) is 6.61 Å². The summed E-state index contributed by atoms with van der Waals surface area (Å²) in [5.74, 6) is -0.488. The quantitative estimate of drug-likeness (QED) is 0.463. The molecule has 0 saturated carbocycles. The van der Waals surface area contributed by atoms with E-state index in [1.807, 2.05) is 6.92 Å². The second-order valence-corrected chi connectivity index (χ2v) is 5.40. The summed E-state index contributed by atoms with van der Waals surface area (Å²) >= 11 is 5.85. The number of carbonyl (C=O) groups excluding carboxylic acids is 1. The van der Waals surface area contributed by atoms with Crippen LogP contribution >= 0.6 is 11.6 Å². The largest absolute Gasteiger partial charge is 0.477 e. The lowest BCUT2D eigenvalue weighted by atomic mass is 10.1. The van der Waals surface area contributed by atoms with Crippen LogP contribution in [-0.2, 0) is 4.79 Å². The maximum Gasteiger partial charge on any atom is 0.310 e. The highest BCUT2D eigenvalue weighted by molar-refractivity contribution is 6.30. The van der Waals surface area contributed by atoms with Gasteiger partial charge in [-0.05, 0) is 30.2 Å². The fourth-order valence-corrected chi connectivity index (χ4v) is 2.15. The zero-order chi connectivity index (χ0) is 18.2. The highest BCUT2D eigenvalue weighted by Gasteiger charge is 2.14. The molecule has 130 valence electrons. The van der Waals surface area contributed by atoms with Gasteiger partial charge in [0.15, 0.2) is 12.4 Å². The van der Waals surface area contributed by atoms with Gasteiger partial charge in [0.25, 0.3) is 5.91 Å². The fourth-order valence-electron chi connectivity index (χ4n) is 2.03. The lowest BCUT2D eigenvalue weighted by molar-refractivity contribution is -0.385. The first kappa shape index (κ1) is 18.4. The summed E-state index contributed by atoms with van der Waals surface area (Å²) in [5.41, 5.74) is 3.70. The number of hydrazone groups is 1. The third-order valence-corrected chi connectivity index (χ3v) is 3.50. The Hall–Kier alpha value is -2.93. The number of halogens is 1. The van der Waals surface area contributed by atoms with Gasteiger partial charge in [-0.1, -0.05) is 42.8 Å². The number of nitro benzene ring substituents is 1. The molecule has 0 atom stereocenters. The zero-order valence-electron chi connectivity index (χ0n) is 13.4. The Kier molecular flexibility index (Phi) is 6.47. The SMILES string of the molecule is CC/C(=N/NC(=O)COc1ccccc1[N+](=O)[O-])c1ccc(Cl)cc1. The highest BCUT2D eigenvalue weighted by atomic mass is 35.5. The van der Waals surface area contributed by atoms with Gasteiger partial charge in [-0.15, -0.1) is 0 Å². The molecule has 0 radical (unpaired) electrons. The summed E-state index contributed by atoms with van der Waals surface area (Å²) in [5, 5.41) is 15.6. The van der Waals surface area contributed by atoms with Gasteiger partial charge in [0.1, 0.15) is 0 Å². The molecule has 1 amide bonds. The van der Waals surface area contributed by atoms with Gasteiger partial charge in [-0.25, -0.2) is 5.43 Å². The molecule has 0 fully saturated rings. The lowest BCUT2D eigenvalue weighted by Crippen LogP contribution is -2.26. The van der Waals surface area contributed by atoms with Crippen molar-refractivity contribution in [3.05, 3.63) is 69.2 Å². The van der Waals surface area contributed by atoms with Crippen LogP contribution in [0.5, 0.6) is 5.75 Å². The van der Waals surface area contributed by atoms with E-state index in [2.05, 4.69) is 10.5 Å². The predicted molar refractivity (Wildman–Crippen MR) is 95.0 cm³/mol. The molecule has 0 aromatic heterocycles. The average molecular weight is 362 g/mol. The van der Waals surface area contributed by atoms with Crippen LogP contribution in [0.3, 0.4) is 0 Å². The van der Waals surface area contributed by atoms with Crippen LogP contribution in [0, 0.1) is 10.1 Å². The summed E-state index contributed by atoms with van der Waals surface area (Å²) in [6, 6.07) is 12.9. The number of hydrogen-bond acceptors (Lipinski definition) is 5. The number of para-hydroxylation sites is 2. The summed E-state index contributed by atoms with van der Waals surface area (Å²) < 4.78 is 5.21. The molecular formula is C17H16ClN3O4. The van der Waals surface area contributed by atoms with E-state index >= 15 is 0 Å². The van der Waals surface area contributed by atoms with Crippen molar-refractivity contribution in [3.63, 3.8) is 0 Å². The van der Waals surface area contributed by atoms with E-state index in [0.717, 1.165) is 5.56 Å². The minimum atomic E-state index is -0.568. The Morgan fingerprint density at radius 3 is 2.56 bits per heavy atom. The van der Waals surface area contributed by atoms with Crippen LogP contribution in [0.1, 0.15) is 18.9 Å². The van der Waals surface area contributed by atoms with E-state index in [1.54, 1.807) is 30.3 Å². The Labute approximate surface area is 149 Å². The predicted octanol–water partition coefficient (Wildman–Crippen LogP) is 3.56. The minimum absolute atomic E-state index is 0.0278. The van der Waals surface area contributed by atoms with Gasteiger partial charge in [0.2, 0.25) is 0 Å². The number of hydrogen-bond donors (Lipinski definition) is 1. The monoisotopic (exact) mass is 361 g/mol. The van der Waals surface area contributed by atoms with Gasteiger partial charge in [0.05, 0.1) is 10.6 Å². The Balaban J connectivity index is 1.98. The van der Waals surface area contributed by atoms with Gasteiger partial charge in [-0.2, -0.15) is 5.10 Å². The number of benzene rings is 2. The molecule has 1 N–H and O–H groups in total. The zero-order valence-corrected chi connectivity index (χ0v) is 14.2. The fraction of sp³-hybridized carbons (Fsp3) is 0.176. The molecule has 0 bridgehead atoms. The number of nitrogens with zero attached hydrogens (tertiary/aromatic N) is 2. The van der Waals surface area contributed by atoms with Crippen LogP contribution in [0.25, 0.3) is 0 Å². The number of amides is 1. The average Bonchev–Trinajstić information content (AvgIpc) is 2.62. The van der Waals surface area contributed by atoms with Crippen molar-refractivity contribution in [2.24, 2.45) is 5.10 Å². The molecule has 2 rings (SSSR count). The van der Waals surface area contributed by atoms with Crippen LogP contribution in [0.15, 0.2) is 53.6 Å². The number of ether oxygens (including phenoxy) is 1. The number of carbonyl (C=O) groups is 1. The van der Waals surface area contributed by atoms with Gasteiger partial charge >= 0.3 is 5.69 Å². The first-order valence-electron chi connectivity index (χ1n) is 7.48. The Morgan fingerprint density at radius 2 is 1.92 bits per heavy atom. The number of nitrogens with one attached hydrogen (secondary N) is 1. The normalized spacial score (nSPS) is 11.0. The summed E-state index contributed by atoms with van der Waals surface area (Å²) in [6.45, 7) is 1.52. The second kappa shape index (κ2) is 8.79. The molecule has 0 spiro atoms. The highest BCUT2D eigenvalue weighted by Crippen LogP contribution is 2.25. The molecule has 2 aromatic carbocycles. The van der Waals surface area contributed by atoms with Crippen molar-refractivity contribution >= 4 is 28.9 Å². The van der Waals surface area contributed by atoms with E-state index in [1.165, 1.54) is 18.2 Å². The minimum Gasteiger partial charge on any atom is -0.477 e. The van der Waals surface area contributed by atoms with Crippen LogP contribution in [0.4, 0.5) is 5.69 Å². The van der Waals surface area contributed by atoms with Crippen LogP contribution in [-0.4, -0.2) is 23.1 Å². The Morgan fingerprint density at radius 1 is 1.24 bits per heavy atom. The molecule has 7 nitrogen and oxygen atoms in total. The first-order chi connectivity index (χ1) is 12.0. The lowest BCUT2D eigenvalue weighted by Gasteiger charge is -2.07. The van der Waals surface area contributed by atoms with Crippen molar-refractivity contribution in [1.29, 1.82) is 0 Å². The van der Waals surface area contributed by atoms with Crippen molar-refractivity contribution in [3.8, 4) is 5.75 Å². The number of rotatable bonds is 7. The smallest absolute Gasteiger partial charge is 0.310 e. The summed E-state index contributed by atoms with van der Waals surface area (Å²) in [7, 11) is 0. The van der Waals surface area contributed by atoms with E-state index in [4.69, 9.17) is 16.3 Å². The standard InChI is InChI=1S/C17H16ClN3O4/c1-2-14(12-7-9-13(18)10-8-12)19-20-17(22)11-25-16-6-4-3-5-15(16)21(23)24/h3-10H,2,11H2,1H3,(H,20,22)/b19-14-. The second-order valence-electron chi connectivity index (χ2n) is 4.97. The molecule has 2 aromatic rings. The maximum absolute atomic E-state index is 11.9. The van der Waals surface area contributed by atoms with Crippen molar-refractivity contribution < 1.29 is 14.5 Å². The maximum atomic E-state index is 11.9. The van der Waals surface area contributed by atoms with Gasteiger partial charge in [0, 0.05) is 11.1 Å². The molecule has 0 saturated heterocycles. The van der Waals surface area contributed by atoms with E-state index in [9.17, 15) is 14.9 Å². The summed E-state index contributed by atoms with van der Waals surface area (Å²) in [6.07, 6.45) is 0.604. The van der Waals surface area contributed by atoms with E-state index < -0.39 is 10.8 Å². The number of nitro groups is 1. The Bertz CT molecular complexity index is 791. The molecule has 0 unspecified atom stereocenters. The molecule has 8 heteroatoms. The van der Waals surface area contributed by atoms with Crippen LogP contribution < -0.4 is 10.2 Å². The molecular weight excluding hydrogens is 346 g/mol. The summed E-state index contributed by atoms with van der Waals surface area (Å²) in [4.78, 5) is 22.2. The third kappa shape index (κ3) is 5.29.